The predicted molar refractivity (Wildman–Crippen MR) is 72.1 cm³/mol. The van der Waals surface area contributed by atoms with Gasteiger partial charge >= 0.3 is 0 Å². The van der Waals surface area contributed by atoms with E-state index >= 15 is 0 Å². The van der Waals surface area contributed by atoms with Gasteiger partial charge in [0.05, 0.1) is 0 Å². The summed E-state index contributed by atoms with van der Waals surface area (Å²) in [5.74, 6) is 6.52. The molecule has 0 aromatic rings. The monoisotopic (exact) mass is 246 g/mol. The minimum absolute atomic E-state index is 0.559. The first kappa shape index (κ1) is 11.5. The first-order valence-corrected chi connectivity index (χ1v) is 8.34. The number of Topliss-reactive ketones (excluding diaryl/α,β-unsaturated/α-hetero) is 1. The Hall–Kier alpha value is -0.330. The Balaban J connectivity index is 1.55. The molecule has 4 saturated carbocycles. The third-order valence-electron chi connectivity index (χ3n) is 6.96. The van der Waals surface area contributed by atoms with Gasteiger partial charge in [-0.1, -0.05) is 12.8 Å². The maximum Gasteiger partial charge on any atom is 0.133 e. The third kappa shape index (κ3) is 1.69. The van der Waals surface area contributed by atoms with Crippen molar-refractivity contribution in [3.63, 3.8) is 0 Å². The van der Waals surface area contributed by atoms with Crippen LogP contribution in [0.25, 0.3) is 0 Å². The number of ketones is 1. The van der Waals surface area contributed by atoms with E-state index in [1.807, 2.05) is 0 Å². The SMILES string of the molecule is O=C1CC[C@H]2C(CC[C@H]3[C@@H]4CCC[C@@H]4CC[C@@H]32)C1. The average Bonchev–Trinajstić information content (AvgIpc) is 2.86. The van der Waals surface area contributed by atoms with Crippen LogP contribution in [-0.2, 0) is 4.79 Å². The van der Waals surface area contributed by atoms with Gasteiger partial charge < -0.3 is 0 Å². The van der Waals surface area contributed by atoms with Crippen LogP contribution in [0, 0.1) is 35.5 Å². The van der Waals surface area contributed by atoms with Crippen molar-refractivity contribution in [3.05, 3.63) is 0 Å². The molecule has 100 valence electrons. The summed E-state index contributed by atoms with van der Waals surface area (Å²) >= 11 is 0. The lowest BCUT2D eigenvalue weighted by molar-refractivity contribution is -0.126. The molecule has 0 bridgehead atoms. The van der Waals surface area contributed by atoms with Gasteiger partial charge in [0.15, 0.2) is 0 Å². The Kier molecular flexibility index (Phi) is 2.78. The molecule has 0 amide bonds. The molecule has 4 aliphatic carbocycles. The van der Waals surface area contributed by atoms with Gasteiger partial charge in [-0.25, -0.2) is 0 Å². The molecule has 6 atom stereocenters. The van der Waals surface area contributed by atoms with Crippen molar-refractivity contribution in [3.8, 4) is 0 Å². The summed E-state index contributed by atoms with van der Waals surface area (Å²) < 4.78 is 0. The van der Waals surface area contributed by atoms with E-state index < -0.39 is 0 Å². The summed E-state index contributed by atoms with van der Waals surface area (Å²) in [6.45, 7) is 0. The molecular formula is C17H26O. The summed E-state index contributed by atoms with van der Waals surface area (Å²) in [4.78, 5) is 11.7. The van der Waals surface area contributed by atoms with Gasteiger partial charge in [-0.3, -0.25) is 4.79 Å². The molecule has 0 radical (unpaired) electrons. The summed E-state index contributed by atoms with van der Waals surface area (Å²) in [7, 11) is 0. The van der Waals surface area contributed by atoms with Crippen LogP contribution in [0.3, 0.4) is 0 Å². The smallest absolute Gasteiger partial charge is 0.133 e. The van der Waals surface area contributed by atoms with E-state index in [1.54, 1.807) is 0 Å². The Morgan fingerprint density at radius 2 is 1.39 bits per heavy atom. The molecule has 0 aromatic carbocycles. The van der Waals surface area contributed by atoms with Crippen molar-refractivity contribution in [2.24, 2.45) is 35.5 Å². The van der Waals surface area contributed by atoms with Gasteiger partial charge in [0.2, 0.25) is 0 Å². The standard InChI is InChI=1S/C17H26O/c18-13-6-9-15-12(10-13)5-8-16-14-3-1-2-11(14)4-7-17(15)16/h11-12,14-17H,1-10H2/t11-,12?,14-,15+,16+,17-/m1/s1. The van der Waals surface area contributed by atoms with Crippen LogP contribution in [0.2, 0.25) is 0 Å². The lowest BCUT2D eigenvalue weighted by Crippen LogP contribution is -2.44. The van der Waals surface area contributed by atoms with Gasteiger partial charge in [0, 0.05) is 12.8 Å². The first-order valence-electron chi connectivity index (χ1n) is 8.34. The van der Waals surface area contributed by atoms with Crippen molar-refractivity contribution < 1.29 is 4.79 Å². The topological polar surface area (TPSA) is 17.1 Å². The van der Waals surface area contributed by atoms with Crippen LogP contribution in [0.4, 0.5) is 0 Å². The number of carbonyl (C=O) groups excluding carboxylic acids is 1. The van der Waals surface area contributed by atoms with Crippen molar-refractivity contribution in [2.75, 3.05) is 0 Å². The first-order chi connectivity index (χ1) is 8.83. The highest BCUT2D eigenvalue weighted by Gasteiger charge is 2.49. The maximum absolute atomic E-state index is 11.7. The second-order valence-corrected chi connectivity index (χ2v) is 7.54. The molecule has 4 fully saturated rings. The van der Waals surface area contributed by atoms with E-state index in [2.05, 4.69) is 0 Å². The molecule has 0 aliphatic heterocycles. The quantitative estimate of drug-likeness (QED) is 0.626. The van der Waals surface area contributed by atoms with Gasteiger partial charge in [0.25, 0.3) is 0 Å². The minimum Gasteiger partial charge on any atom is -0.300 e. The van der Waals surface area contributed by atoms with Crippen LogP contribution < -0.4 is 0 Å². The normalized spacial score (nSPS) is 51.4. The van der Waals surface area contributed by atoms with E-state index in [0.29, 0.717) is 5.78 Å². The van der Waals surface area contributed by atoms with Crippen molar-refractivity contribution in [2.45, 2.75) is 64.2 Å². The Bertz CT molecular complexity index is 348. The molecule has 0 N–H and O–H groups in total. The van der Waals surface area contributed by atoms with Gasteiger partial charge in [-0.15, -0.1) is 0 Å². The molecule has 4 aliphatic rings. The highest BCUT2D eigenvalue weighted by Crippen LogP contribution is 2.57. The number of rotatable bonds is 0. The second-order valence-electron chi connectivity index (χ2n) is 7.54. The van der Waals surface area contributed by atoms with Crippen LogP contribution >= 0.6 is 0 Å². The number of hydrogen-bond acceptors (Lipinski definition) is 1. The number of fused-ring (bicyclic) bond motifs is 5. The van der Waals surface area contributed by atoms with Crippen LogP contribution in [0.15, 0.2) is 0 Å². The van der Waals surface area contributed by atoms with Crippen molar-refractivity contribution in [1.29, 1.82) is 0 Å². The van der Waals surface area contributed by atoms with Crippen molar-refractivity contribution in [1.82, 2.24) is 0 Å². The zero-order valence-electron chi connectivity index (χ0n) is 11.4. The molecule has 0 spiro atoms. The molecule has 4 rings (SSSR count). The number of carbonyl (C=O) groups is 1. The van der Waals surface area contributed by atoms with E-state index in [0.717, 1.165) is 48.3 Å². The Morgan fingerprint density at radius 3 is 2.22 bits per heavy atom. The largest absolute Gasteiger partial charge is 0.300 e. The summed E-state index contributed by atoms with van der Waals surface area (Å²) in [5.41, 5.74) is 0. The van der Waals surface area contributed by atoms with E-state index in [-0.39, 0.29) is 0 Å². The molecular weight excluding hydrogens is 220 g/mol. The molecule has 18 heavy (non-hydrogen) atoms. The van der Waals surface area contributed by atoms with Gasteiger partial charge in [-0.05, 0) is 74.0 Å². The predicted octanol–water partition coefficient (Wildman–Crippen LogP) is 4.21. The fourth-order valence-corrected chi connectivity index (χ4v) is 6.28. The Morgan fingerprint density at radius 1 is 0.667 bits per heavy atom. The lowest BCUT2D eigenvalue weighted by Gasteiger charge is -2.51. The van der Waals surface area contributed by atoms with E-state index in [1.165, 1.54) is 51.4 Å². The van der Waals surface area contributed by atoms with E-state index in [4.69, 9.17) is 0 Å². The fourth-order valence-electron chi connectivity index (χ4n) is 6.28. The summed E-state index contributed by atoms with van der Waals surface area (Å²) in [5, 5.41) is 0. The number of hydrogen-bond donors (Lipinski definition) is 0. The van der Waals surface area contributed by atoms with Gasteiger partial charge in [-0.2, -0.15) is 0 Å². The highest BCUT2D eigenvalue weighted by molar-refractivity contribution is 5.79. The van der Waals surface area contributed by atoms with Gasteiger partial charge in [0.1, 0.15) is 5.78 Å². The van der Waals surface area contributed by atoms with Crippen molar-refractivity contribution >= 4 is 5.78 Å². The lowest BCUT2D eigenvalue weighted by atomic mass is 9.54. The molecule has 0 heterocycles. The van der Waals surface area contributed by atoms with Crippen LogP contribution in [0.5, 0.6) is 0 Å². The highest BCUT2D eigenvalue weighted by atomic mass is 16.1. The summed E-state index contributed by atoms with van der Waals surface area (Å²) in [6, 6.07) is 0. The van der Waals surface area contributed by atoms with Crippen LogP contribution in [-0.4, -0.2) is 5.78 Å². The zero-order chi connectivity index (χ0) is 12.1. The molecule has 0 saturated heterocycles. The molecule has 1 nitrogen and oxygen atoms in total. The molecule has 1 heteroatoms. The summed E-state index contributed by atoms with van der Waals surface area (Å²) in [6.07, 6.45) is 13.5. The minimum atomic E-state index is 0.559. The zero-order valence-corrected chi connectivity index (χ0v) is 11.4. The maximum atomic E-state index is 11.7. The second kappa shape index (κ2) is 4.35. The molecule has 1 unspecified atom stereocenters. The fraction of sp³-hybridized carbons (Fsp3) is 0.941. The van der Waals surface area contributed by atoms with E-state index in [9.17, 15) is 4.79 Å². The average molecular weight is 246 g/mol. The Labute approximate surface area is 111 Å². The third-order valence-corrected chi connectivity index (χ3v) is 6.96. The molecule has 0 aromatic heterocycles. The van der Waals surface area contributed by atoms with Crippen LogP contribution in [0.1, 0.15) is 64.2 Å².